The fourth-order valence-electron chi connectivity index (χ4n) is 9.87. The summed E-state index contributed by atoms with van der Waals surface area (Å²) in [5.74, 6) is 5.47. The van der Waals surface area contributed by atoms with Crippen molar-refractivity contribution < 1.29 is 23.6 Å². The minimum Gasteiger partial charge on any atom is -0.444 e. The van der Waals surface area contributed by atoms with Crippen molar-refractivity contribution in [2.24, 2.45) is 47.3 Å². The van der Waals surface area contributed by atoms with Gasteiger partial charge in [-0.05, 0) is 141 Å². The number of likely N-dealkylation sites (tertiary alicyclic amines) is 1. The zero-order chi connectivity index (χ0) is 33.4. The molecule has 2 saturated heterocycles. The summed E-state index contributed by atoms with van der Waals surface area (Å²) >= 11 is 0. The van der Waals surface area contributed by atoms with Crippen LogP contribution in [0.1, 0.15) is 139 Å². The molecule has 0 aromatic carbocycles. The number of hydrogen-bond donors (Lipinski definition) is 1. The molecule has 8 unspecified atom stereocenters. The lowest BCUT2D eigenvalue weighted by Gasteiger charge is -2.46. The van der Waals surface area contributed by atoms with Gasteiger partial charge in [-0.15, -0.1) is 0 Å². The number of nitrogens with zero attached hydrogens (tertiary/aromatic N) is 1. The number of alkyl carbamates (subject to hydrolysis) is 1. The van der Waals surface area contributed by atoms with Crippen LogP contribution in [0.2, 0.25) is 5.82 Å². The molecule has 0 bridgehead atoms. The van der Waals surface area contributed by atoms with Gasteiger partial charge in [0.15, 0.2) is 0 Å². The number of amides is 2. The van der Waals surface area contributed by atoms with Gasteiger partial charge in [-0.3, -0.25) is 4.79 Å². The first kappa shape index (κ1) is 36.0. The molecule has 7 nitrogen and oxygen atoms in total. The third kappa shape index (κ3) is 8.47. The largest absolute Gasteiger partial charge is 0.461 e. The first-order chi connectivity index (χ1) is 21.5. The van der Waals surface area contributed by atoms with Crippen LogP contribution < -0.4 is 5.32 Å². The van der Waals surface area contributed by atoms with E-state index < -0.39 is 5.60 Å². The topological polar surface area (TPSA) is 77.1 Å². The molecule has 5 aliphatic rings. The van der Waals surface area contributed by atoms with Crippen LogP contribution in [0.25, 0.3) is 0 Å². The average molecular weight is 643 g/mol. The van der Waals surface area contributed by atoms with E-state index in [9.17, 15) is 9.59 Å². The van der Waals surface area contributed by atoms with Crippen LogP contribution in [0.15, 0.2) is 0 Å². The van der Waals surface area contributed by atoms with E-state index in [4.69, 9.17) is 14.0 Å². The summed E-state index contributed by atoms with van der Waals surface area (Å²) in [6, 6.07) is 0. The first-order valence-electron chi connectivity index (χ1n) is 19.1. The summed E-state index contributed by atoms with van der Waals surface area (Å²) in [4.78, 5) is 28.5. The van der Waals surface area contributed by atoms with Crippen LogP contribution in [-0.2, 0) is 18.8 Å². The normalized spacial score (nSPS) is 37.2. The highest BCUT2D eigenvalue weighted by Crippen LogP contribution is 2.51. The number of piperidine rings is 1. The molecule has 0 aromatic rings. The van der Waals surface area contributed by atoms with E-state index in [-0.39, 0.29) is 30.3 Å². The molecule has 2 heterocycles. The standard InChI is InChI=1S/C38H67BN2O5/c1-25-20-31(23-33(26(25)2)30-14-11-15-32(22-30)39-45-37(6,7)38(8,9)46-39)34(42)41-18-16-28(17-19-41)29-13-10-12-27(21-29)24-40-35(43)44-36(3,4)5/h25-33H,10-24H2,1-9H3,(H,40,43). The van der Waals surface area contributed by atoms with Gasteiger partial charge in [-0.2, -0.15) is 0 Å². The molecule has 5 rings (SSSR count). The summed E-state index contributed by atoms with van der Waals surface area (Å²) in [6.45, 7) is 21.8. The maximum absolute atomic E-state index is 14.1. The second kappa shape index (κ2) is 14.3. The summed E-state index contributed by atoms with van der Waals surface area (Å²) in [5.41, 5.74) is -1.02. The predicted molar refractivity (Wildman–Crippen MR) is 185 cm³/mol. The zero-order valence-corrected chi connectivity index (χ0v) is 30.9. The van der Waals surface area contributed by atoms with Gasteiger partial charge < -0.3 is 24.3 Å². The zero-order valence-electron chi connectivity index (χ0n) is 30.9. The van der Waals surface area contributed by atoms with Crippen LogP contribution in [-0.4, -0.2) is 60.5 Å². The van der Waals surface area contributed by atoms with Crippen molar-refractivity contribution in [1.29, 1.82) is 0 Å². The smallest absolute Gasteiger partial charge is 0.444 e. The lowest BCUT2D eigenvalue weighted by Crippen LogP contribution is -2.47. The highest BCUT2D eigenvalue weighted by atomic mass is 16.7. The van der Waals surface area contributed by atoms with E-state index in [0.717, 1.165) is 38.8 Å². The Bertz CT molecular complexity index is 1030. The Labute approximate surface area is 281 Å². The molecule has 1 N–H and O–H groups in total. The minimum atomic E-state index is -0.465. The van der Waals surface area contributed by atoms with E-state index in [0.29, 0.717) is 59.7 Å². The Morgan fingerprint density at radius 3 is 2.11 bits per heavy atom. The van der Waals surface area contributed by atoms with Crippen molar-refractivity contribution >= 4 is 19.1 Å². The molecule has 2 amide bonds. The van der Waals surface area contributed by atoms with Crippen molar-refractivity contribution in [3.63, 3.8) is 0 Å². The Morgan fingerprint density at radius 1 is 0.826 bits per heavy atom. The van der Waals surface area contributed by atoms with Gasteiger partial charge in [0.25, 0.3) is 0 Å². The maximum Gasteiger partial charge on any atom is 0.461 e. The van der Waals surface area contributed by atoms with Gasteiger partial charge in [0.2, 0.25) is 5.91 Å². The molecule has 0 aromatic heterocycles. The molecule has 0 radical (unpaired) electrons. The quantitative estimate of drug-likeness (QED) is 0.294. The van der Waals surface area contributed by atoms with Gasteiger partial charge in [0.05, 0.1) is 11.2 Å². The average Bonchev–Trinajstić information content (AvgIpc) is 3.22. The molecule has 8 heteroatoms. The van der Waals surface area contributed by atoms with E-state index >= 15 is 0 Å². The third-order valence-electron chi connectivity index (χ3n) is 13.4. The molecule has 2 aliphatic heterocycles. The molecule has 8 atom stereocenters. The number of carbonyl (C=O) groups excluding carboxylic acids is 2. The fraction of sp³-hybridized carbons (Fsp3) is 0.947. The molecular weight excluding hydrogens is 575 g/mol. The maximum atomic E-state index is 14.1. The number of nitrogens with one attached hydrogen (secondary N) is 1. The molecule has 3 saturated carbocycles. The predicted octanol–water partition coefficient (Wildman–Crippen LogP) is 8.51. The second-order valence-corrected chi connectivity index (χ2v) is 18.3. The Morgan fingerprint density at radius 2 is 1.46 bits per heavy atom. The van der Waals surface area contributed by atoms with Crippen LogP contribution in [0, 0.1) is 47.3 Å². The number of rotatable bonds is 6. The lowest BCUT2D eigenvalue weighted by molar-refractivity contribution is -0.141. The van der Waals surface area contributed by atoms with Crippen molar-refractivity contribution in [2.45, 2.75) is 162 Å². The van der Waals surface area contributed by atoms with Gasteiger partial charge in [0.1, 0.15) is 5.60 Å². The van der Waals surface area contributed by atoms with Crippen LogP contribution in [0.4, 0.5) is 4.79 Å². The summed E-state index contributed by atoms with van der Waals surface area (Å²) in [5, 5.41) is 3.02. The molecule has 3 aliphatic carbocycles. The molecule has 0 spiro atoms. The van der Waals surface area contributed by atoms with Crippen molar-refractivity contribution in [3.05, 3.63) is 0 Å². The van der Waals surface area contributed by atoms with Gasteiger partial charge in [0, 0.05) is 25.6 Å². The summed E-state index contributed by atoms with van der Waals surface area (Å²) < 4.78 is 18.5. The Hall–Kier alpha value is -1.28. The van der Waals surface area contributed by atoms with Crippen molar-refractivity contribution in [2.75, 3.05) is 19.6 Å². The van der Waals surface area contributed by atoms with Gasteiger partial charge in [-0.1, -0.05) is 46.0 Å². The molecule has 262 valence electrons. The van der Waals surface area contributed by atoms with Crippen LogP contribution in [0.3, 0.4) is 0 Å². The highest BCUT2D eigenvalue weighted by molar-refractivity contribution is 6.47. The third-order valence-corrected chi connectivity index (χ3v) is 13.4. The van der Waals surface area contributed by atoms with E-state index in [1.54, 1.807) is 0 Å². The van der Waals surface area contributed by atoms with Crippen LogP contribution in [0.5, 0.6) is 0 Å². The van der Waals surface area contributed by atoms with Gasteiger partial charge in [-0.25, -0.2) is 4.79 Å². The number of hydrogen-bond acceptors (Lipinski definition) is 5. The van der Waals surface area contributed by atoms with E-state index in [1.165, 1.54) is 51.4 Å². The number of ether oxygens (including phenoxy) is 1. The monoisotopic (exact) mass is 643 g/mol. The van der Waals surface area contributed by atoms with Gasteiger partial charge >= 0.3 is 13.2 Å². The molecule has 46 heavy (non-hydrogen) atoms. The Balaban J connectivity index is 1.11. The van der Waals surface area contributed by atoms with Crippen molar-refractivity contribution in [3.8, 4) is 0 Å². The van der Waals surface area contributed by atoms with Crippen molar-refractivity contribution in [1.82, 2.24) is 10.2 Å². The summed E-state index contributed by atoms with van der Waals surface area (Å²) in [6.07, 6.45) is 13.8. The first-order valence-corrected chi connectivity index (χ1v) is 19.1. The molecular formula is C38H67BN2O5. The highest BCUT2D eigenvalue weighted by Gasteiger charge is 2.55. The van der Waals surface area contributed by atoms with E-state index in [1.807, 2.05) is 20.8 Å². The minimum absolute atomic E-state index is 0.108. The summed E-state index contributed by atoms with van der Waals surface area (Å²) in [7, 11) is -0.108. The molecule has 5 fully saturated rings. The van der Waals surface area contributed by atoms with E-state index in [2.05, 4.69) is 51.8 Å². The Kier molecular flexibility index (Phi) is 11.2. The fourth-order valence-corrected chi connectivity index (χ4v) is 9.87. The lowest BCUT2D eigenvalue weighted by atomic mass is 9.56. The van der Waals surface area contributed by atoms with Crippen LogP contribution >= 0.6 is 0 Å². The SMILES string of the molecule is CC1CC(C(=O)N2CCC(C3CCCC(CNC(=O)OC(C)(C)C)C3)CC2)CC(C2CCCC(B3OC(C)(C)C(C)(C)O3)C2)C1C. The number of carbonyl (C=O) groups is 2. The second-order valence-electron chi connectivity index (χ2n) is 18.3.